The maximum absolute atomic E-state index is 11.8. The molecule has 3 aromatic rings. The van der Waals surface area contributed by atoms with Gasteiger partial charge in [-0.25, -0.2) is 4.79 Å². The minimum atomic E-state index is -0.476. The lowest BCUT2D eigenvalue weighted by Crippen LogP contribution is -2.53. The van der Waals surface area contributed by atoms with Crippen LogP contribution in [0.5, 0.6) is 0 Å². The van der Waals surface area contributed by atoms with E-state index in [-0.39, 0.29) is 18.4 Å². The molecule has 0 aliphatic carbocycles. The summed E-state index contributed by atoms with van der Waals surface area (Å²) >= 11 is 7.57. The second kappa shape index (κ2) is 9.11. The maximum atomic E-state index is 11.8. The number of aromatic nitrogens is 3. The van der Waals surface area contributed by atoms with Crippen molar-refractivity contribution in [2.45, 2.75) is 43.6 Å². The average Bonchev–Trinajstić information content (AvgIpc) is 3.11. The van der Waals surface area contributed by atoms with E-state index in [1.807, 2.05) is 42.7 Å². The van der Waals surface area contributed by atoms with Gasteiger partial charge in [0, 0.05) is 29.7 Å². The molecule has 31 heavy (non-hydrogen) atoms. The first-order valence-corrected chi connectivity index (χ1v) is 11.2. The Balaban J connectivity index is 1.66. The lowest BCUT2D eigenvalue weighted by atomic mass is 10.1. The number of hydrogen-bond donors (Lipinski definition) is 2. The van der Waals surface area contributed by atoms with Crippen LogP contribution in [-0.2, 0) is 17.0 Å². The number of halogens is 1. The Morgan fingerprint density at radius 1 is 1.13 bits per heavy atom. The number of nitrogens with zero attached hydrogens (tertiary/aromatic N) is 3. The number of carbonyl (C=O) groups is 2. The number of carbonyl (C=O) groups excluding carboxylic acids is 2. The van der Waals surface area contributed by atoms with E-state index in [2.05, 4.69) is 39.0 Å². The van der Waals surface area contributed by atoms with Crippen molar-refractivity contribution in [2.24, 2.45) is 0 Å². The van der Waals surface area contributed by atoms with Crippen LogP contribution in [-0.4, -0.2) is 32.7 Å². The molecule has 7 nitrogen and oxygen atoms in total. The molecule has 2 heterocycles. The predicted molar refractivity (Wildman–Crippen MR) is 121 cm³/mol. The predicted octanol–water partition coefficient (Wildman–Crippen LogP) is 3.97. The lowest BCUT2D eigenvalue weighted by molar-refractivity contribution is -0.121. The average molecular weight is 456 g/mol. The topological polar surface area (TPSA) is 88.9 Å². The monoisotopic (exact) mass is 455 g/mol. The van der Waals surface area contributed by atoms with Crippen LogP contribution in [0.25, 0.3) is 5.69 Å². The number of rotatable bonds is 6. The molecule has 0 radical (unpaired) electrons. The van der Waals surface area contributed by atoms with E-state index in [9.17, 15) is 9.59 Å². The van der Waals surface area contributed by atoms with Gasteiger partial charge in [-0.2, -0.15) is 0 Å². The molecule has 0 saturated carbocycles. The summed E-state index contributed by atoms with van der Waals surface area (Å²) in [5, 5.41) is 15.4. The van der Waals surface area contributed by atoms with Crippen LogP contribution in [0.3, 0.4) is 0 Å². The zero-order valence-electron chi connectivity index (χ0n) is 17.2. The largest absolute Gasteiger partial charge is 0.334 e. The van der Waals surface area contributed by atoms with Gasteiger partial charge in [-0.05, 0) is 48.7 Å². The Kier molecular flexibility index (Phi) is 6.29. The molecule has 160 valence electrons. The molecule has 0 spiro atoms. The van der Waals surface area contributed by atoms with Gasteiger partial charge < -0.3 is 5.32 Å². The third-order valence-corrected chi connectivity index (χ3v) is 6.29. The van der Waals surface area contributed by atoms with Crippen LogP contribution >= 0.6 is 23.4 Å². The first-order chi connectivity index (χ1) is 14.9. The van der Waals surface area contributed by atoms with Gasteiger partial charge in [-0.3, -0.25) is 14.7 Å². The molecule has 1 aliphatic heterocycles. The van der Waals surface area contributed by atoms with E-state index in [0.29, 0.717) is 23.0 Å². The van der Waals surface area contributed by atoms with Gasteiger partial charge in [0.1, 0.15) is 5.82 Å². The highest BCUT2D eigenvalue weighted by molar-refractivity contribution is 7.98. The van der Waals surface area contributed by atoms with Crippen molar-refractivity contribution in [1.29, 1.82) is 0 Å². The highest BCUT2D eigenvalue weighted by Gasteiger charge is 2.27. The fraction of sp³-hybridized carbons (Fsp3) is 0.273. The summed E-state index contributed by atoms with van der Waals surface area (Å²) < 4.78 is 2.03. The smallest absolute Gasteiger partial charge is 0.321 e. The van der Waals surface area contributed by atoms with Gasteiger partial charge >= 0.3 is 6.03 Å². The fourth-order valence-electron chi connectivity index (χ4n) is 3.47. The van der Waals surface area contributed by atoms with Crippen molar-refractivity contribution in [3.05, 3.63) is 70.0 Å². The summed E-state index contributed by atoms with van der Waals surface area (Å²) in [6, 6.07) is 13.1. The molecule has 9 heteroatoms. The first kappa shape index (κ1) is 21.4. The van der Waals surface area contributed by atoms with Crippen molar-refractivity contribution in [3.8, 4) is 5.69 Å². The second-order valence-electron chi connectivity index (χ2n) is 7.57. The van der Waals surface area contributed by atoms with Crippen LogP contribution < -0.4 is 10.6 Å². The van der Waals surface area contributed by atoms with E-state index < -0.39 is 6.03 Å². The standard InChI is InChI=1S/C22H22ClN5O2S/c1-13-3-4-14(2)18(9-13)28-19(10-17-11-20(29)25-21(30)24-17)26-27-22(28)31-12-15-5-7-16(23)8-6-15/h3-9,17H,10-12H2,1-2H3,(H2,24,25,29,30). The third-order valence-electron chi connectivity index (χ3n) is 5.04. The lowest BCUT2D eigenvalue weighted by Gasteiger charge is -2.23. The normalized spacial score (nSPS) is 16.2. The molecule has 4 rings (SSSR count). The second-order valence-corrected chi connectivity index (χ2v) is 8.95. The zero-order valence-corrected chi connectivity index (χ0v) is 18.8. The zero-order chi connectivity index (χ0) is 22.0. The summed E-state index contributed by atoms with van der Waals surface area (Å²) in [5.41, 5.74) is 4.33. The Hall–Kier alpha value is -2.84. The molecule has 1 unspecified atom stereocenters. The van der Waals surface area contributed by atoms with Crippen molar-refractivity contribution in [3.63, 3.8) is 0 Å². The van der Waals surface area contributed by atoms with Crippen LogP contribution in [0.4, 0.5) is 4.79 Å². The summed E-state index contributed by atoms with van der Waals surface area (Å²) in [6.07, 6.45) is 0.611. The first-order valence-electron chi connectivity index (χ1n) is 9.88. The summed E-state index contributed by atoms with van der Waals surface area (Å²) in [4.78, 5) is 23.5. The van der Waals surface area contributed by atoms with E-state index in [1.165, 1.54) is 0 Å². The van der Waals surface area contributed by atoms with Gasteiger partial charge in [0.25, 0.3) is 0 Å². The SMILES string of the molecule is Cc1ccc(C)c(-n2c(CC3CC(=O)NC(=O)N3)nnc2SCc2ccc(Cl)cc2)c1. The molecule has 1 fully saturated rings. The van der Waals surface area contributed by atoms with Gasteiger partial charge in [0.2, 0.25) is 5.91 Å². The van der Waals surface area contributed by atoms with E-state index in [1.54, 1.807) is 11.8 Å². The van der Waals surface area contributed by atoms with E-state index in [4.69, 9.17) is 11.6 Å². The number of hydrogen-bond acceptors (Lipinski definition) is 5. The molecule has 2 aromatic carbocycles. The van der Waals surface area contributed by atoms with Gasteiger partial charge in [-0.15, -0.1) is 10.2 Å². The van der Waals surface area contributed by atoms with E-state index >= 15 is 0 Å². The molecule has 0 bridgehead atoms. The number of aryl methyl sites for hydroxylation is 2. The number of nitrogens with one attached hydrogen (secondary N) is 2. The fourth-order valence-corrected chi connectivity index (χ4v) is 4.52. The van der Waals surface area contributed by atoms with Crippen molar-refractivity contribution in [1.82, 2.24) is 25.4 Å². The Bertz CT molecular complexity index is 1110. The number of amides is 3. The van der Waals surface area contributed by atoms with Gasteiger partial charge in [0.15, 0.2) is 5.16 Å². The summed E-state index contributed by atoms with van der Waals surface area (Å²) in [5.74, 6) is 1.12. The Labute approximate surface area is 189 Å². The highest BCUT2D eigenvalue weighted by atomic mass is 35.5. The minimum Gasteiger partial charge on any atom is -0.334 e. The van der Waals surface area contributed by atoms with E-state index in [0.717, 1.165) is 27.5 Å². The van der Waals surface area contributed by atoms with Crippen LogP contribution in [0.15, 0.2) is 47.6 Å². The Morgan fingerprint density at radius 2 is 1.90 bits per heavy atom. The van der Waals surface area contributed by atoms with Gasteiger partial charge in [-0.1, -0.05) is 47.6 Å². The summed E-state index contributed by atoms with van der Waals surface area (Å²) in [6.45, 7) is 4.08. The molecule has 1 aromatic heterocycles. The van der Waals surface area contributed by atoms with Crippen molar-refractivity contribution < 1.29 is 9.59 Å². The molecule has 1 saturated heterocycles. The number of thioether (sulfide) groups is 1. The third kappa shape index (κ3) is 5.08. The quantitative estimate of drug-likeness (QED) is 0.549. The van der Waals surface area contributed by atoms with Crippen molar-refractivity contribution >= 4 is 35.3 Å². The molecular weight excluding hydrogens is 434 g/mol. The molecule has 1 aliphatic rings. The minimum absolute atomic E-state index is 0.207. The van der Waals surface area contributed by atoms with Crippen LogP contribution in [0.2, 0.25) is 5.02 Å². The number of benzene rings is 2. The molecular formula is C22H22ClN5O2S. The van der Waals surface area contributed by atoms with Crippen LogP contribution in [0.1, 0.15) is 28.9 Å². The summed E-state index contributed by atoms with van der Waals surface area (Å²) in [7, 11) is 0. The Morgan fingerprint density at radius 3 is 2.65 bits per heavy atom. The maximum Gasteiger partial charge on any atom is 0.321 e. The van der Waals surface area contributed by atoms with Crippen LogP contribution in [0, 0.1) is 13.8 Å². The molecule has 3 amide bonds. The van der Waals surface area contributed by atoms with Gasteiger partial charge in [0.05, 0.1) is 5.69 Å². The van der Waals surface area contributed by atoms with Crippen molar-refractivity contribution in [2.75, 3.05) is 0 Å². The number of urea groups is 1. The highest BCUT2D eigenvalue weighted by Crippen LogP contribution is 2.28. The molecule has 1 atom stereocenters. The number of imide groups is 1. The molecule has 2 N–H and O–H groups in total.